The van der Waals surface area contributed by atoms with Crippen LogP contribution in [0.5, 0.6) is 0 Å². The topological polar surface area (TPSA) is 81.4 Å². The number of rotatable bonds is 0. The molecule has 0 aromatic heterocycles. The maximum absolute atomic E-state index is 7.88. The summed E-state index contributed by atoms with van der Waals surface area (Å²) in [6, 6.07) is 0. The van der Waals surface area contributed by atoms with E-state index in [9.17, 15) is 0 Å². The number of hydrogen-bond acceptors (Lipinski definition) is 3. The van der Waals surface area contributed by atoms with Crippen LogP contribution in [0.15, 0.2) is 0 Å². The molecule has 26 valence electrons. The van der Waals surface area contributed by atoms with E-state index in [2.05, 4.69) is 0 Å². The fraction of sp³-hybridized carbons (Fsp3) is 0. The van der Waals surface area contributed by atoms with E-state index in [1.54, 1.807) is 4.75 Å². The third-order valence-corrected chi connectivity index (χ3v) is 0. The Hall–Kier alpha value is 0.360. The minimum atomic E-state index is 0. The molecule has 1 N–H and O–H groups in total. The van der Waals surface area contributed by atoms with Crippen molar-refractivity contribution in [2.24, 2.45) is 0 Å². The Balaban J connectivity index is -0.0000000200. The van der Waals surface area contributed by atoms with Crippen molar-refractivity contribution in [2.75, 3.05) is 0 Å². The molecule has 0 radical (unpaired) electrons. The summed E-state index contributed by atoms with van der Waals surface area (Å²) >= 11 is 0. The van der Waals surface area contributed by atoms with Crippen molar-refractivity contribution in [2.45, 2.75) is 0 Å². The smallest absolute Gasteiger partial charge is 0.870 e. The molecule has 0 saturated heterocycles. The Morgan fingerprint density at radius 3 is 1.60 bits per heavy atom. The van der Waals surface area contributed by atoms with Crippen molar-refractivity contribution in [1.29, 1.82) is 0 Å². The predicted molar refractivity (Wildman–Crippen MR) is 8.67 cm³/mol. The van der Waals surface area contributed by atoms with Crippen LogP contribution in [0.1, 0.15) is 0 Å². The fourth-order valence-corrected chi connectivity index (χ4v) is 0. The first kappa shape index (κ1) is 18.3. The van der Waals surface area contributed by atoms with Crippen LogP contribution < -0.4 is 34.8 Å². The molecule has 0 unspecified atom stereocenters. The Morgan fingerprint density at radius 2 is 1.60 bits per heavy atom. The van der Waals surface area contributed by atoms with Gasteiger partial charge in [-0.2, -0.15) is 0 Å². The largest absolute Gasteiger partial charge is 1.00 e. The molecule has 0 amide bonds. The van der Waals surface area contributed by atoms with E-state index in [1.807, 2.05) is 0 Å². The standard InChI is InChI=1S/Na.O3.H2O/c;1-3-2;/h;;1H2/q+1;;/p-1. The zero-order valence-corrected chi connectivity index (χ0v) is 4.67. The molecule has 0 spiro atoms. The minimum absolute atomic E-state index is 0. The van der Waals surface area contributed by atoms with Gasteiger partial charge in [0.1, 0.15) is 0 Å². The van der Waals surface area contributed by atoms with Crippen LogP contribution in [0.2, 0.25) is 0 Å². The zero-order chi connectivity index (χ0) is 2.71. The van der Waals surface area contributed by atoms with Gasteiger partial charge in [-0.05, 0) is 0 Å². The van der Waals surface area contributed by atoms with Gasteiger partial charge in [0.2, 0.25) is 0 Å². The molecule has 0 bridgehead atoms. The van der Waals surface area contributed by atoms with Gasteiger partial charge in [-0.25, -0.2) is 0 Å². The molecule has 0 heterocycles. The summed E-state index contributed by atoms with van der Waals surface area (Å²) in [5, 5.41) is 7.88. The molecular formula is HNaO4. The summed E-state index contributed by atoms with van der Waals surface area (Å²) in [5.74, 6) is 0. The molecule has 0 atom stereocenters. The molecule has 0 aromatic rings. The van der Waals surface area contributed by atoms with Crippen LogP contribution in [0.25, 0.3) is 0 Å². The van der Waals surface area contributed by atoms with E-state index in [0.717, 1.165) is 0 Å². The van der Waals surface area contributed by atoms with Gasteiger partial charge < -0.3 is 5.48 Å². The monoisotopic (exact) mass is 88.0 g/mol. The summed E-state index contributed by atoms with van der Waals surface area (Å²) in [4.78, 5) is 7.88. The van der Waals surface area contributed by atoms with Crippen LogP contribution in [0.4, 0.5) is 0 Å². The third-order valence-electron chi connectivity index (χ3n) is 0. The molecule has 4 nitrogen and oxygen atoms in total. The maximum Gasteiger partial charge on any atom is 1.00 e. The molecule has 0 aliphatic carbocycles. The normalized spacial score (nSPS) is 2.40. The molecule has 0 fully saturated rings. The van der Waals surface area contributed by atoms with E-state index >= 15 is 0 Å². The van der Waals surface area contributed by atoms with Crippen molar-refractivity contribution in [3.63, 3.8) is 0 Å². The van der Waals surface area contributed by atoms with E-state index in [1.165, 1.54) is 0 Å². The van der Waals surface area contributed by atoms with Gasteiger partial charge in [-0.15, -0.1) is 0 Å². The van der Waals surface area contributed by atoms with Crippen molar-refractivity contribution in [3.8, 4) is 0 Å². The fourth-order valence-electron chi connectivity index (χ4n) is 0. The molecule has 0 saturated carbocycles. The summed E-state index contributed by atoms with van der Waals surface area (Å²) in [6.45, 7) is 0. The van der Waals surface area contributed by atoms with Crippen molar-refractivity contribution >= 4 is 0 Å². The summed E-state index contributed by atoms with van der Waals surface area (Å²) < 4.78 is 1.75. The Morgan fingerprint density at radius 1 is 1.60 bits per heavy atom. The first-order chi connectivity index (χ1) is 1.41. The van der Waals surface area contributed by atoms with Crippen LogP contribution in [0, 0.1) is 9.71 Å². The first-order valence-corrected chi connectivity index (χ1v) is 0.333. The molecule has 0 aromatic carbocycles. The van der Waals surface area contributed by atoms with Gasteiger partial charge in [0, 0.05) is 0 Å². The zero-order valence-electron chi connectivity index (χ0n) is 2.67. The van der Waals surface area contributed by atoms with Crippen LogP contribution in [-0.4, -0.2) is 5.48 Å². The Labute approximate surface area is 50.2 Å². The van der Waals surface area contributed by atoms with Crippen LogP contribution in [-0.2, 0) is 0 Å². The second-order valence-corrected chi connectivity index (χ2v) is 0.0680. The van der Waals surface area contributed by atoms with Crippen LogP contribution >= 0.6 is 0 Å². The second kappa shape index (κ2) is 26.6. The number of hydrogen-bond donors (Lipinski definition) is 0. The van der Waals surface area contributed by atoms with E-state index < -0.39 is 0 Å². The van der Waals surface area contributed by atoms with Gasteiger partial charge in [-0.1, -0.05) is 10.2 Å². The molecule has 0 aliphatic rings. The maximum atomic E-state index is 7.88. The average Bonchev–Trinajstić information content (AvgIpc) is 0.918. The quantitative estimate of drug-likeness (QED) is 0.130. The second-order valence-electron chi connectivity index (χ2n) is 0.0680. The molecule has 0 aliphatic heterocycles. The molecular weight excluding hydrogens is 87.0 g/mol. The summed E-state index contributed by atoms with van der Waals surface area (Å²) in [5.41, 5.74) is 0. The van der Waals surface area contributed by atoms with E-state index in [4.69, 9.17) is 10.2 Å². The Kier molecular flexibility index (Phi) is 97.4. The van der Waals surface area contributed by atoms with E-state index in [-0.39, 0.29) is 35.0 Å². The van der Waals surface area contributed by atoms with Gasteiger partial charge in [0.25, 0.3) is 0 Å². The SMILES string of the molecule is O=[O+][O-].[Na+].[OH-]. The van der Waals surface area contributed by atoms with Crippen molar-refractivity contribution < 1.29 is 40.3 Å². The molecule has 5 heteroatoms. The van der Waals surface area contributed by atoms with E-state index in [0.29, 0.717) is 0 Å². The third kappa shape index (κ3) is 187. The van der Waals surface area contributed by atoms with Crippen molar-refractivity contribution in [3.05, 3.63) is 9.71 Å². The van der Waals surface area contributed by atoms with Crippen molar-refractivity contribution in [1.82, 2.24) is 0 Å². The van der Waals surface area contributed by atoms with Gasteiger partial charge in [0.05, 0.1) is 0 Å². The van der Waals surface area contributed by atoms with Gasteiger partial charge in [0.15, 0.2) is 4.75 Å². The predicted octanol–water partition coefficient (Wildman–Crippen LogP) is -4.29. The Bertz CT molecular complexity index is 11.1. The van der Waals surface area contributed by atoms with Gasteiger partial charge in [-0.3, -0.25) is 0 Å². The first-order valence-electron chi connectivity index (χ1n) is 0.333. The average molecular weight is 88.0 g/mol. The molecule has 5 heavy (non-hydrogen) atoms. The summed E-state index contributed by atoms with van der Waals surface area (Å²) in [6.07, 6.45) is 0. The summed E-state index contributed by atoms with van der Waals surface area (Å²) in [7, 11) is 0. The molecule has 0 rings (SSSR count). The minimum Gasteiger partial charge on any atom is -0.870 e. The van der Waals surface area contributed by atoms with Gasteiger partial charge >= 0.3 is 29.6 Å². The van der Waals surface area contributed by atoms with Crippen LogP contribution in [0.3, 0.4) is 0 Å².